The minimum absolute atomic E-state index is 0.140. The van der Waals surface area contributed by atoms with Crippen molar-refractivity contribution in [3.63, 3.8) is 0 Å². The molecule has 0 aromatic heterocycles. The molecule has 0 aliphatic rings. The van der Waals surface area contributed by atoms with Crippen molar-refractivity contribution >= 4 is 5.69 Å². The SMILES string of the molecule is CCC(CO)(CO)Nc1ccc(C#N)c(C)c1. The highest BCUT2D eigenvalue weighted by Crippen LogP contribution is 2.20. The lowest BCUT2D eigenvalue weighted by molar-refractivity contribution is 0.132. The Balaban J connectivity index is 2.95. The van der Waals surface area contributed by atoms with E-state index in [1.807, 2.05) is 19.9 Å². The quantitative estimate of drug-likeness (QED) is 0.720. The summed E-state index contributed by atoms with van der Waals surface area (Å²) in [4.78, 5) is 0. The number of rotatable bonds is 5. The third-order valence-electron chi connectivity index (χ3n) is 3.04. The molecule has 17 heavy (non-hydrogen) atoms. The van der Waals surface area contributed by atoms with Crippen LogP contribution in [0.3, 0.4) is 0 Å². The number of nitriles is 1. The van der Waals surface area contributed by atoms with Gasteiger partial charge in [0.25, 0.3) is 0 Å². The first-order valence-electron chi connectivity index (χ1n) is 5.61. The van der Waals surface area contributed by atoms with E-state index in [-0.39, 0.29) is 13.2 Å². The predicted octanol–water partition coefficient (Wildman–Crippen LogP) is 1.41. The van der Waals surface area contributed by atoms with Gasteiger partial charge in [0.2, 0.25) is 0 Å². The molecular formula is C13H18N2O2. The van der Waals surface area contributed by atoms with Crippen molar-refractivity contribution in [2.24, 2.45) is 0 Å². The van der Waals surface area contributed by atoms with Crippen LogP contribution in [0.2, 0.25) is 0 Å². The van der Waals surface area contributed by atoms with Gasteiger partial charge in [0.1, 0.15) is 0 Å². The van der Waals surface area contributed by atoms with Crippen LogP contribution in [0.5, 0.6) is 0 Å². The van der Waals surface area contributed by atoms with Crippen LogP contribution in [0, 0.1) is 18.3 Å². The number of aliphatic hydroxyl groups excluding tert-OH is 2. The summed E-state index contributed by atoms with van der Waals surface area (Å²) < 4.78 is 0. The van der Waals surface area contributed by atoms with Crippen LogP contribution in [-0.4, -0.2) is 29.0 Å². The smallest absolute Gasteiger partial charge is 0.0994 e. The Morgan fingerprint density at radius 1 is 1.35 bits per heavy atom. The molecule has 4 nitrogen and oxygen atoms in total. The van der Waals surface area contributed by atoms with Crippen molar-refractivity contribution in [3.05, 3.63) is 29.3 Å². The maximum Gasteiger partial charge on any atom is 0.0994 e. The fourth-order valence-electron chi connectivity index (χ4n) is 1.61. The molecule has 0 saturated heterocycles. The number of nitrogens with one attached hydrogen (secondary N) is 1. The number of aryl methyl sites for hydroxylation is 1. The lowest BCUT2D eigenvalue weighted by atomic mass is 9.97. The van der Waals surface area contributed by atoms with Crippen LogP contribution in [0.4, 0.5) is 5.69 Å². The van der Waals surface area contributed by atoms with E-state index in [2.05, 4.69) is 11.4 Å². The van der Waals surface area contributed by atoms with Crippen LogP contribution in [0.1, 0.15) is 24.5 Å². The van der Waals surface area contributed by atoms with Crippen molar-refractivity contribution < 1.29 is 10.2 Å². The lowest BCUT2D eigenvalue weighted by Crippen LogP contribution is -2.45. The summed E-state index contributed by atoms with van der Waals surface area (Å²) in [5, 5.41) is 30.6. The summed E-state index contributed by atoms with van der Waals surface area (Å²) in [6.45, 7) is 3.48. The second-order valence-corrected chi connectivity index (χ2v) is 4.22. The zero-order chi connectivity index (χ0) is 12.9. The summed E-state index contributed by atoms with van der Waals surface area (Å²) in [6, 6.07) is 7.45. The molecule has 0 spiro atoms. The Morgan fingerprint density at radius 2 is 2.00 bits per heavy atom. The number of hydrogen-bond donors (Lipinski definition) is 3. The molecule has 1 aromatic carbocycles. The summed E-state index contributed by atoms with van der Waals surface area (Å²) in [7, 11) is 0. The Morgan fingerprint density at radius 3 is 2.41 bits per heavy atom. The molecule has 0 unspecified atom stereocenters. The average molecular weight is 234 g/mol. The molecule has 0 bridgehead atoms. The van der Waals surface area contributed by atoms with Crippen molar-refractivity contribution in [2.45, 2.75) is 25.8 Å². The van der Waals surface area contributed by atoms with Gasteiger partial charge in [-0.2, -0.15) is 5.26 Å². The van der Waals surface area contributed by atoms with Gasteiger partial charge < -0.3 is 15.5 Å². The molecular weight excluding hydrogens is 216 g/mol. The van der Waals surface area contributed by atoms with E-state index in [0.29, 0.717) is 12.0 Å². The molecule has 3 N–H and O–H groups in total. The standard InChI is InChI=1S/C13H18N2O2/c1-3-13(8-16,9-17)15-12-5-4-11(7-14)10(2)6-12/h4-6,15-17H,3,8-9H2,1-2H3. The number of hydrogen-bond acceptors (Lipinski definition) is 4. The second kappa shape index (κ2) is 5.67. The number of anilines is 1. The second-order valence-electron chi connectivity index (χ2n) is 4.22. The molecule has 0 atom stereocenters. The Hall–Kier alpha value is -1.57. The molecule has 0 saturated carbocycles. The minimum atomic E-state index is -0.708. The van der Waals surface area contributed by atoms with Crippen molar-refractivity contribution in [1.82, 2.24) is 0 Å². The van der Waals surface area contributed by atoms with E-state index in [1.54, 1.807) is 12.1 Å². The van der Waals surface area contributed by atoms with Crippen molar-refractivity contribution in [3.8, 4) is 6.07 Å². The highest BCUT2D eigenvalue weighted by atomic mass is 16.3. The third kappa shape index (κ3) is 2.96. The zero-order valence-electron chi connectivity index (χ0n) is 10.2. The van der Waals surface area contributed by atoms with Crippen molar-refractivity contribution in [2.75, 3.05) is 18.5 Å². The zero-order valence-corrected chi connectivity index (χ0v) is 10.2. The minimum Gasteiger partial charge on any atom is -0.394 e. The molecule has 0 fully saturated rings. The first kappa shape index (κ1) is 13.5. The molecule has 0 radical (unpaired) electrons. The number of benzene rings is 1. The summed E-state index contributed by atoms with van der Waals surface area (Å²) in [6.07, 6.45) is 0.610. The van der Waals surface area contributed by atoms with Crippen LogP contribution in [0.15, 0.2) is 18.2 Å². The van der Waals surface area contributed by atoms with Gasteiger partial charge in [0.15, 0.2) is 0 Å². The van der Waals surface area contributed by atoms with Gasteiger partial charge in [-0.25, -0.2) is 0 Å². The maximum atomic E-state index is 9.33. The molecule has 1 rings (SSSR count). The first-order valence-corrected chi connectivity index (χ1v) is 5.61. The molecule has 0 amide bonds. The van der Waals surface area contributed by atoms with Crippen LogP contribution < -0.4 is 5.32 Å². The van der Waals surface area contributed by atoms with E-state index in [4.69, 9.17) is 5.26 Å². The summed E-state index contributed by atoms with van der Waals surface area (Å²) >= 11 is 0. The van der Waals surface area contributed by atoms with Crippen LogP contribution in [-0.2, 0) is 0 Å². The predicted molar refractivity (Wildman–Crippen MR) is 66.7 cm³/mol. The fraction of sp³-hybridized carbons (Fsp3) is 0.462. The highest BCUT2D eigenvalue weighted by Gasteiger charge is 2.26. The van der Waals surface area contributed by atoms with Gasteiger partial charge in [0, 0.05) is 5.69 Å². The molecule has 0 heterocycles. The van der Waals surface area contributed by atoms with Gasteiger partial charge >= 0.3 is 0 Å². The maximum absolute atomic E-state index is 9.33. The van der Waals surface area contributed by atoms with Gasteiger partial charge in [0.05, 0.1) is 30.4 Å². The van der Waals surface area contributed by atoms with Gasteiger partial charge in [-0.05, 0) is 37.1 Å². The summed E-state index contributed by atoms with van der Waals surface area (Å²) in [5.74, 6) is 0. The average Bonchev–Trinajstić information content (AvgIpc) is 2.36. The molecule has 92 valence electrons. The van der Waals surface area contributed by atoms with E-state index < -0.39 is 5.54 Å². The molecule has 0 aliphatic carbocycles. The van der Waals surface area contributed by atoms with E-state index in [9.17, 15) is 10.2 Å². The van der Waals surface area contributed by atoms with Crippen molar-refractivity contribution in [1.29, 1.82) is 5.26 Å². The number of aliphatic hydroxyl groups is 2. The molecule has 4 heteroatoms. The topological polar surface area (TPSA) is 76.3 Å². The fourth-order valence-corrected chi connectivity index (χ4v) is 1.61. The largest absolute Gasteiger partial charge is 0.394 e. The lowest BCUT2D eigenvalue weighted by Gasteiger charge is -2.31. The monoisotopic (exact) mass is 234 g/mol. The van der Waals surface area contributed by atoms with E-state index in [0.717, 1.165) is 11.3 Å². The van der Waals surface area contributed by atoms with E-state index in [1.165, 1.54) is 0 Å². The Kier molecular flexibility index (Phi) is 4.50. The van der Waals surface area contributed by atoms with Gasteiger partial charge in [-0.1, -0.05) is 6.92 Å². The summed E-state index contributed by atoms with van der Waals surface area (Å²) in [5.41, 5.74) is 1.59. The molecule has 0 aliphatic heterocycles. The van der Waals surface area contributed by atoms with Gasteiger partial charge in [-0.15, -0.1) is 0 Å². The van der Waals surface area contributed by atoms with Crippen LogP contribution in [0.25, 0.3) is 0 Å². The molecule has 1 aromatic rings. The Labute approximate surface area is 102 Å². The third-order valence-corrected chi connectivity index (χ3v) is 3.04. The highest BCUT2D eigenvalue weighted by molar-refractivity contribution is 5.53. The van der Waals surface area contributed by atoms with Crippen LogP contribution >= 0.6 is 0 Å². The normalized spacial score (nSPS) is 11.0. The number of nitrogens with zero attached hydrogens (tertiary/aromatic N) is 1. The Bertz CT molecular complexity index is 412. The van der Waals surface area contributed by atoms with E-state index >= 15 is 0 Å². The van der Waals surface area contributed by atoms with Gasteiger partial charge in [-0.3, -0.25) is 0 Å². The first-order chi connectivity index (χ1) is 8.10.